The first kappa shape index (κ1) is 24.2. The first-order chi connectivity index (χ1) is 16.1. The van der Waals surface area contributed by atoms with Gasteiger partial charge >= 0.3 is 5.69 Å². The van der Waals surface area contributed by atoms with Crippen LogP contribution in [0.3, 0.4) is 0 Å². The summed E-state index contributed by atoms with van der Waals surface area (Å²) in [6, 6.07) is 5.90. The fourth-order valence-electron chi connectivity index (χ4n) is 3.76. The van der Waals surface area contributed by atoms with Crippen molar-refractivity contribution < 1.29 is 28.1 Å². The summed E-state index contributed by atoms with van der Waals surface area (Å²) in [7, 11) is -3.35. The van der Waals surface area contributed by atoms with Crippen LogP contribution < -0.4 is 10.2 Å². The first-order valence-corrected chi connectivity index (χ1v) is 12.6. The van der Waals surface area contributed by atoms with E-state index in [0.717, 1.165) is 6.26 Å². The minimum atomic E-state index is -3.35. The summed E-state index contributed by atoms with van der Waals surface area (Å²) in [5, 5.41) is 16.2. The van der Waals surface area contributed by atoms with Gasteiger partial charge in [0.15, 0.2) is 9.84 Å². The van der Waals surface area contributed by atoms with Gasteiger partial charge in [0.2, 0.25) is 17.9 Å². The van der Waals surface area contributed by atoms with Crippen LogP contribution in [0.2, 0.25) is 0 Å². The SMILES string of the molecule is CC(C)N1OOC(C2CCN(c3ncnc(Nc4ccc(S(C)(=O)=O)cc4)c3[N+](=O)[O-])CC2)O1. The maximum atomic E-state index is 12.0. The fourth-order valence-corrected chi connectivity index (χ4v) is 4.39. The summed E-state index contributed by atoms with van der Waals surface area (Å²) >= 11 is 0. The zero-order valence-corrected chi connectivity index (χ0v) is 19.8. The van der Waals surface area contributed by atoms with Gasteiger partial charge in [0, 0.05) is 31.0 Å². The van der Waals surface area contributed by atoms with Crippen LogP contribution in [0.15, 0.2) is 35.5 Å². The van der Waals surface area contributed by atoms with Crippen molar-refractivity contribution in [3.63, 3.8) is 0 Å². The number of nitrogens with zero attached hydrogens (tertiary/aromatic N) is 5. The molecule has 0 saturated carbocycles. The molecule has 2 aliphatic rings. The highest BCUT2D eigenvalue weighted by Gasteiger charge is 2.38. The highest BCUT2D eigenvalue weighted by molar-refractivity contribution is 7.90. The van der Waals surface area contributed by atoms with Gasteiger partial charge in [-0.15, -0.1) is 4.99 Å². The third kappa shape index (κ3) is 5.26. The standard InChI is InChI=1S/C20H26N6O7S/c1-13(2)26-31-20(32-33-26)14-8-10-24(11-9-14)19-17(25(27)28)18(21-12-22-19)23-15-4-6-16(7-5-15)34(3,29)30/h4-7,12-14,20H,8-11H2,1-3H3,(H,21,22,23). The highest BCUT2D eigenvalue weighted by atomic mass is 32.2. The van der Waals surface area contributed by atoms with Crippen molar-refractivity contribution in [2.75, 3.05) is 29.6 Å². The van der Waals surface area contributed by atoms with E-state index in [1.54, 1.807) is 0 Å². The first-order valence-electron chi connectivity index (χ1n) is 10.7. The lowest BCUT2D eigenvalue weighted by Crippen LogP contribution is -2.39. The van der Waals surface area contributed by atoms with Crippen LogP contribution in [0, 0.1) is 16.0 Å². The molecule has 4 rings (SSSR count). The van der Waals surface area contributed by atoms with E-state index in [-0.39, 0.29) is 34.2 Å². The second-order valence-corrected chi connectivity index (χ2v) is 10.4. The van der Waals surface area contributed by atoms with Crippen molar-refractivity contribution in [2.45, 2.75) is 43.9 Å². The monoisotopic (exact) mass is 494 g/mol. The van der Waals surface area contributed by atoms with E-state index in [1.807, 2.05) is 18.7 Å². The fraction of sp³-hybridized carbons (Fsp3) is 0.500. The molecule has 1 unspecified atom stereocenters. The molecule has 14 heteroatoms. The second kappa shape index (κ2) is 9.76. The summed E-state index contributed by atoms with van der Waals surface area (Å²) in [5.74, 6) is 0.293. The molecule has 184 valence electrons. The quantitative estimate of drug-likeness (QED) is 0.342. The zero-order valence-electron chi connectivity index (χ0n) is 18.9. The maximum Gasteiger partial charge on any atom is 0.353 e. The van der Waals surface area contributed by atoms with Gasteiger partial charge in [-0.05, 0) is 56.2 Å². The average Bonchev–Trinajstić information content (AvgIpc) is 3.29. The summed E-state index contributed by atoms with van der Waals surface area (Å²) in [4.78, 5) is 37.7. The number of nitrogens with one attached hydrogen (secondary N) is 1. The van der Waals surface area contributed by atoms with Crippen molar-refractivity contribution in [3.8, 4) is 0 Å². The highest BCUT2D eigenvalue weighted by Crippen LogP contribution is 2.37. The van der Waals surface area contributed by atoms with Gasteiger partial charge in [0.05, 0.1) is 15.9 Å². The van der Waals surface area contributed by atoms with Crippen LogP contribution in [0.25, 0.3) is 0 Å². The number of hydroxylamine groups is 2. The Kier molecular flexibility index (Phi) is 6.95. The number of nitro groups is 1. The number of hydrogen-bond acceptors (Lipinski definition) is 12. The Morgan fingerprint density at radius 1 is 1.18 bits per heavy atom. The van der Waals surface area contributed by atoms with Crippen LogP contribution in [0.5, 0.6) is 0 Å². The average molecular weight is 495 g/mol. The van der Waals surface area contributed by atoms with Gasteiger partial charge in [-0.1, -0.05) is 0 Å². The van der Waals surface area contributed by atoms with E-state index in [4.69, 9.17) is 14.7 Å². The lowest BCUT2D eigenvalue weighted by atomic mass is 9.96. The van der Waals surface area contributed by atoms with Crippen LogP contribution >= 0.6 is 0 Å². The number of sulfone groups is 1. The molecule has 1 N–H and O–H groups in total. The van der Waals surface area contributed by atoms with E-state index in [9.17, 15) is 18.5 Å². The third-order valence-corrected chi connectivity index (χ3v) is 6.72. The Morgan fingerprint density at radius 2 is 1.85 bits per heavy atom. The molecule has 1 aromatic heterocycles. The van der Waals surface area contributed by atoms with E-state index in [1.165, 1.54) is 35.8 Å². The van der Waals surface area contributed by atoms with E-state index in [0.29, 0.717) is 31.6 Å². The molecule has 13 nitrogen and oxygen atoms in total. The normalized spacial score (nSPS) is 20.1. The molecular formula is C20H26N6O7S. The van der Waals surface area contributed by atoms with Gasteiger partial charge in [0.25, 0.3) is 0 Å². The largest absolute Gasteiger partial charge is 0.353 e. The predicted octanol–water partition coefficient (Wildman–Crippen LogP) is 2.59. The summed E-state index contributed by atoms with van der Waals surface area (Å²) in [5.41, 5.74) is 0.208. The van der Waals surface area contributed by atoms with Crippen LogP contribution in [0.4, 0.5) is 23.0 Å². The van der Waals surface area contributed by atoms with Crippen LogP contribution in [-0.2, 0) is 24.6 Å². The van der Waals surface area contributed by atoms with Crippen molar-refractivity contribution >= 4 is 32.8 Å². The molecule has 2 aromatic rings. The molecule has 0 amide bonds. The summed E-state index contributed by atoms with van der Waals surface area (Å²) < 4.78 is 23.3. The molecule has 1 aromatic carbocycles. The van der Waals surface area contributed by atoms with Crippen LogP contribution in [0.1, 0.15) is 26.7 Å². The molecule has 2 fully saturated rings. The van der Waals surface area contributed by atoms with Gasteiger partial charge in [0.1, 0.15) is 6.33 Å². The van der Waals surface area contributed by atoms with E-state index < -0.39 is 21.1 Å². The van der Waals surface area contributed by atoms with Gasteiger partial charge in [-0.25, -0.2) is 23.2 Å². The molecule has 0 radical (unpaired) electrons. The second-order valence-electron chi connectivity index (χ2n) is 8.42. The van der Waals surface area contributed by atoms with Gasteiger partial charge < -0.3 is 10.2 Å². The molecule has 2 saturated heterocycles. The van der Waals surface area contributed by atoms with Gasteiger partial charge in [-0.3, -0.25) is 10.1 Å². The molecule has 2 aliphatic heterocycles. The van der Waals surface area contributed by atoms with Crippen molar-refractivity contribution in [2.24, 2.45) is 5.92 Å². The maximum absolute atomic E-state index is 12.0. The summed E-state index contributed by atoms with van der Waals surface area (Å²) in [6.07, 6.45) is 3.17. The molecule has 1 atom stereocenters. The third-order valence-electron chi connectivity index (χ3n) is 5.60. The lowest BCUT2D eigenvalue weighted by molar-refractivity contribution is -0.424. The Hall–Kier alpha value is -2.91. The van der Waals surface area contributed by atoms with Crippen LogP contribution in [-0.4, -0.2) is 60.2 Å². The number of piperidine rings is 1. The Morgan fingerprint density at radius 3 is 2.41 bits per heavy atom. The van der Waals surface area contributed by atoms with Crippen molar-refractivity contribution in [1.82, 2.24) is 15.2 Å². The number of aromatic nitrogens is 2. The molecule has 0 bridgehead atoms. The predicted molar refractivity (Wildman–Crippen MR) is 120 cm³/mol. The van der Waals surface area contributed by atoms with Crippen molar-refractivity contribution in [3.05, 3.63) is 40.7 Å². The number of anilines is 3. The molecular weight excluding hydrogens is 468 g/mol. The molecule has 0 aliphatic carbocycles. The minimum Gasteiger partial charge on any atom is -0.351 e. The number of benzene rings is 1. The summed E-state index contributed by atoms with van der Waals surface area (Å²) in [6.45, 7) is 4.84. The molecule has 3 heterocycles. The minimum absolute atomic E-state index is 0.00209. The zero-order chi connectivity index (χ0) is 24.5. The Labute approximate surface area is 196 Å². The van der Waals surface area contributed by atoms with Crippen molar-refractivity contribution in [1.29, 1.82) is 0 Å². The van der Waals surface area contributed by atoms with Gasteiger partial charge in [-0.2, -0.15) is 4.89 Å². The Bertz CT molecular complexity index is 1140. The molecule has 0 spiro atoms. The lowest BCUT2D eigenvalue weighted by Gasteiger charge is -2.33. The number of rotatable bonds is 7. The Balaban J connectivity index is 1.48. The molecule has 34 heavy (non-hydrogen) atoms. The number of hydrogen-bond donors (Lipinski definition) is 1. The smallest absolute Gasteiger partial charge is 0.351 e. The van der Waals surface area contributed by atoms with E-state index in [2.05, 4.69) is 15.3 Å². The van der Waals surface area contributed by atoms with E-state index >= 15 is 0 Å². The topological polar surface area (TPSA) is 149 Å².